The average Bonchev–Trinajstić information content (AvgIpc) is 2.45. The lowest BCUT2D eigenvalue weighted by molar-refractivity contribution is 0.0494. The van der Waals surface area contributed by atoms with Gasteiger partial charge in [0.05, 0.1) is 18.4 Å². The number of carbonyl (C=O) groups is 1. The number of nitrogens with zero attached hydrogens (tertiary/aromatic N) is 1. The minimum Gasteiger partial charge on any atom is -0.491 e. The molecule has 0 spiro atoms. The summed E-state index contributed by atoms with van der Waals surface area (Å²) >= 11 is 0. The zero-order valence-electron chi connectivity index (χ0n) is 11.5. The molecule has 0 bridgehead atoms. The van der Waals surface area contributed by atoms with Gasteiger partial charge in [-0.2, -0.15) is 0 Å². The number of aromatic nitrogens is 1. The number of Topliss-reactive ketones (excluding diaryl/α,β-unsaturated/α-hetero) is 1. The zero-order chi connectivity index (χ0) is 15.5. The van der Waals surface area contributed by atoms with E-state index in [9.17, 15) is 13.2 Å². The molecule has 1 aromatic heterocycles. The van der Waals surface area contributed by atoms with Gasteiger partial charge in [-0.05, 0) is 31.7 Å². The van der Waals surface area contributed by atoms with Gasteiger partial charge < -0.3 is 9.47 Å². The number of pyridine rings is 1. The van der Waals surface area contributed by atoms with Gasteiger partial charge in [0, 0.05) is 23.9 Å². The van der Waals surface area contributed by atoms with Crippen LogP contribution in [-0.4, -0.2) is 39.0 Å². The summed E-state index contributed by atoms with van der Waals surface area (Å²) in [6.45, 7) is 3.18. The third kappa shape index (κ3) is 4.39. The molecule has 0 unspecified atom stereocenters. The van der Waals surface area contributed by atoms with E-state index in [1.54, 1.807) is 0 Å². The number of rotatable bonds is 5. The minimum atomic E-state index is -3.97. The minimum absolute atomic E-state index is 0.163. The monoisotopic (exact) mass is 333 g/mol. The van der Waals surface area contributed by atoms with Gasteiger partial charge in [0.25, 0.3) is 9.05 Å². The Kier molecular flexibility index (Phi) is 5.18. The van der Waals surface area contributed by atoms with Crippen LogP contribution in [0.1, 0.15) is 30.1 Å². The van der Waals surface area contributed by atoms with Crippen molar-refractivity contribution in [2.45, 2.75) is 24.8 Å². The molecule has 0 saturated carbocycles. The van der Waals surface area contributed by atoms with E-state index in [0.29, 0.717) is 25.7 Å². The first-order valence-corrected chi connectivity index (χ1v) is 8.85. The summed E-state index contributed by atoms with van der Waals surface area (Å²) in [5, 5.41) is -0.354. The molecule has 8 heteroatoms. The highest BCUT2D eigenvalue weighted by atomic mass is 35.7. The number of halogens is 1. The molecule has 0 radical (unpaired) electrons. The van der Waals surface area contributed by atoms with Crippen LogP contribution in [0.2, 0.25) is 0 Å². The Morgan fingerprint density at radius 3 is 2.71 bits per heavy atom. The van der Waals surface area contributed by atoms with Gasteiger partial charge in [0.1, 0.15) is 5.75 Å². The van der Waals surface area contributed by atoms with Crippen LogP contribution in [0.25, 0.3) is 0 Å². The quantitative estimate of drug-likeness (QED) is 0.605. The number of ketones is 1. The smallest absolute Gasteiger partial charge is 0.278 e. The van der Waals surface area contributed by atoms with Gasteiger partial charge >= 0.3 is 0 Å². The number of ether oxygens (including phenoxy) is 2. The number of carbonyl (C=O) groups excluding carboxylic acids is 1. The molecule has 0 aliphatic carbocycles. The van der Waals surface area contributed by atoms with Crippen molar-refractivity contribution in [2.75, 3.05) is 19.8 Å². The lowest BCUT2D eigenvalue weighted by atomic mass is 10.0. The first-order chi connectivity index (χ1) is 9.88. The molecule has 1 aliphatic heterocycles. The van der Waals surface area contributed by atoms with Gasteiger partial charge in [-0.15, -0.1) is 0 Å². The van der Waals surface area contributed by atoms with Crippen molar-refractivity contribution in [1.82, 2.24) is 4.98 Å². The van der Waals surface area contributed by atoms with E-state index in [2.05, 4.69) is 4.98 Å². The van der Waals surface area contributed by atoms with Crippen LogP contribution in [0.5, 0.6) is 5.75 Å². The molecule has 0 atom stereocenters. The van der Waals surface area contributed by atoms with Gasteiger partial charge in [-0.1, -0.05) is 0 Å². The summed E-state index contributed by atoms with van der Waals surface area (Å²) in [6.07, 6.45) is 3.03. The largest absolute Gasteiger partial charge is 0.491 e. The molecule has 1 aliphatic rings. The fourth-order valence-electron chi connectivity index (χ4n) is 2.07. The highest BCUT2D eigenvalue weighted by Gasteiger charge is 2.20. The van der Waals surface area contributed by atoms with Crippen molar-refractivity contribution in [3.63, 3.8) is 0 Å². The van der Waals surface area contributed by atoms with E-state index in [-0.39, 0.29) is 22.1 Å². The van der Waals surface area contributed by atoms with Crippen molar-refractivity contribution >= 4 is 25.5 Å². The van der Waals surface area contributed by atoms with Crippen LogP contribution in [0.4, 0.5) is 0 Å². The fourth-order valence-corrected chi connectivity index (χ4v) is 2.76. The van der Waals surface area contributed by atoms with E-state index >= 15 is 0 Å². The third-order valence-corrected chi connectivity index (χ3v) is 4.48. The average molecular weight is 334 g/mol. The summed E-state index contributed by atoms with van der Waals surface area (Å²) < 4.78 is 33.4. The highest BCUT2D eigenvalue weighted by molar-refractivity contribution is 8.13. The van der Waals surface area contributed by atoms with Gasteiger partial charge in [-0.3, -0.25) is 4.79 Å². The zero-order valence-corrected chi connectivity index (χ0v) is 13.1. The van der Waals surface area contributed by atoms with Gasteiger partial charge in [-0.25, -0.2) is 13.4 Å². The second-order valence-corrected chi connectivity index (χ2v) is 7.39. The molecule has 1 fully saturated rings. The highest BCUT2D eigenvalue weighted by Crippen LogP contribution is 2.24. The molecular weight excluding hydrogens is 318 g/mol. The van der Waals surface area contributed by atoms with Crippen LogP contribution in [0.3, 0.4) is 0 Å². The van der Waals surface area contributed by atoms with E-state index in [0.717, 1.165) is 18.9 Å². The standard InChI is InChI=1S/C13H16ClNO5S/c1-9(16)11-6-13(21(14,17)18)15-7-12(11)20-8-10-2-4-19-5-3-10/h6-7,10H,2-5,8H2,1H3. The Morgan fingerprint density at radius 1 is 1.48 bits per heavy atom. The first-order valence-electron chi connectivity index (χ1n) is 6.54. The maximum Gasteiger partial charge on any atom is 0.278 e. The Labute approximate surface area is 127 Å². The summed E-state index contributed by atoms with van der Waals surface area (Å²) in [6, 6.07) is 1.14. The van der Waals surface area contributed by atoms with Crippen LogP contribution >= 0.6 is 10.7 Å². The summed E-state index contributed by atoms with van der Waals surface area (Å²) in [7, 11) is 1.26. The molecule has 2 rings (SSSR count). The maximum atomic E-state index is 11.6. The second-order valence-electron chi connectivity index (χ2n) is 4.88. The predicted octanol–water partition coefficient (Wildman–Crippen LogP) is 2.02. The van der Waals surface area contributed by atoms with Gasteiger partial charge in [0.2, 0.25) is 0 Å². The maximum absolute atomic E-state index is 11.6. The molecule has 116 valence electrons. The Balaban J connectivity index is 2.16. The van der Waals surface area contributed by atoms with Crippen LogP contribution in [-0.2, 0) is 13.8 Å². The Bertz CT molecular complexity index is 625. The molecule has 1 saturated heterocycles. The molecule has 0 N–H and O–H groups in total. The lowest BCUT2D eigenvalue weighted by Gasteiger charge is -2.22. The third-order valence-electron chi connectivity index (χ3n) is 3.29. The molecular formula is C13H16ClNO5S. The molecule has 2 heterocycles. The molecule has 0 amide bonds. The van der Waals surface area contributed by atoms with Crippen molar-refractivity contribution in [1.29, 1.82) is 0 Å². The van der Waals surface area contributed by atoms with E-state index < -0.39 is 9.05 Å². The van der Waals surface area contributed by atoms with Crippen LogP contribution in [0.15, 0.2) is 17.3 Å². The van der Waals surface area contributed by atoms with E-state index in [1.165, 1.54) is 13.1 Å². The van der Waals surface area contributed by atoms with Crippen molar-refractivity contribution in [2.24, 2.45) is 5.92 Å². The second kappa shape index (κ2) is 6.72. The first kappa shape index (κ1) is 16.2. The SMILES string of the molecule is CC(=O)c1cc(S(=O)(=O)Cl)ncc1OCC1CCOCC1. The lowest BCUT2D eigenvalue weighted by Crippen LogP contribution is -2.22. The fraction of sp³-hybridized carbons (Fsp3) is 0.538. The van der Waals surface area contributed by atoms with Crippen LogP contribution in [0, 0.1) is 5.92 Å². The summed E-state index contributed by atoms with van der Waals surface area (Å²) in [5.74, 6) is 0.328. The Hall–Kier alpha value is -1.18. The molecule has 6 nitrogen and oxygen atoms in total. The summed E-state index contributed by atoms with van der Waals surface area (Å²) in [5.41, 5.74) is 0.163. The number of hydrogen-bond donors (Lipinski definition) is 0. The molecule has 21 heavy (non-hydrogen) atoms. The number of hydrogen-bond acceptors (Lipinski definition) is 6. The van der Waals surface area contributed by atoms with E-state index in [4.69, 9.17) is 20.2 Å². The molecule has 0 aromatic carbocycles. The normalized spacial score (nSPS) is 16.7. The predicted molar refractivity (Wildman–Crippen MR) is 76.3 cm³/mol. The van der Waals surface area contributed by atoms with Crippen molar-refractivity contribution < 1.29 is 22.7 Å². The Morgan fingerprint density at radius 2 is 2.14 bits per heavy atom. The van der Waals surface area contributed by atoms with Crippen molar-refractivity contribution in [3.8, 4) is 5.75 Å². The van der Waals surface area contributed by atoms with Crippen molar-refractivity contribution in [3.05, 3.63) is 17.8 Å². The van der Waals surface area contributed by atoms with E-state index in [1.807, 2.05) is 0 Å². The topological polar surface area (TPSA) is 82.6 Å². The van der Waals surface area contributed by atoms with Gasteiger partial charge in [0.15, 0.2) is 10.8 Å². The molecule has 1 aromatic rings. The summed E-state index contributed by atoms with van der Waals surface area (Å²) in [4.78, 5) is 15.4. The van der Waals surface area contributed by atoms with Crippen LogP contribution < -0.4 is 4.74 Å².